The van der Waals surface area contributed by atoms with E-state index in [0.717, 1.165) is 16.7 Å². The summed E-state index contributed by atoms with van der Waals surface area (Å²) >= 11 is 0. The number of amides is 1. The van der Waals surface area contributed by atoms with Crippen molar-refractivity contribution in [1.82, 2.24) is 0 Å². The van der Waals surface area contributed by atoms with Crippen LogP contribution in [0.15, 0.2) is 42.5 Å². The summed E-state index contributed by atoms with van der Waals surface area (Å²) in [5.41, 5.74) is 2.51. The molecule has 0 spiro atoms. The van der Waals surface area contributed by atoms with E-state index in [0.29, 0.717) is 11.4 Å². The first-order chi connectivity index (χ1) is 11.2. The van der Waals surface area contributed by atoms with Gasteiger partial charge in [0, 0.05) is 28.5 Å². The van der Waals surface area contributed by atoms with Gasteiger partial charge in [0.25, 0.3) is 0 Å². The van der Waals surface area contributed by atoms with Crippen molar-refractivity contribution in [2.24, 2.45) is 0 Å². The lowest BCUT2D eigenvalue weighted by molar-refractivity contribution is -0.120. The number of hydrogen-bond acceptors (Lipinski definition) is 2. The van der Waals surface area contributed by atoms with Crippen LogP contribution in [0.5, 0.6) is 0 Å². The average Bonchev–Trinajstić information content (AvgIpc) is 2.51. The lowest BCUT2D eigenvalue weighted by atomic mass is 9.83. The highest BCUT2D eigenvalue weighted by atomic mass is 32.2. The maximum Gasteiger partial charge on any atom is 0.234 e. The molecule has 0 radical (unpaired) electrons. The molecule has 3 nitrogen and oxygen atoms in total. The normalized spacial score (nSPS) is 12.7. The predicted octanol–water partition coefficient (Wildman–Crippen LogP) is 3.93. The molecule has 0 unspecified atom stereocenters. The number of anilines is 1. The number of carbonyl (C=O) groups excluding carboxylic acids is 1. The summed E-state index contributed by atoms with van der Waals surface area (Å²) < 4.78 is 24.6. The monoisotopic (exact) mass is 347 g/mol. The van der Waals surface area contributed by atoms with Crippen molar-refractivity contribution >= 4 is 22.4 Å². The number of nitrogens with one attached hydrogen (secondary N) is 1. The summed E-state index contributed by atoms with van der Waals surface area (Å²) in [7, 11) is -0.945. The third-order valence-corrected chi connectivity index (χ3v) is 4.90. The van der Waals surface area contributed by atoms with Crippen LogP contribution in [0.4, 0.5) is 10.1 Å². The van der Waals surface area contributed by atoms with E-state index in [1.807, 2.05) is 25.1 Å². The summed E-state index contributed by atoms with van der Waals surface area (Å²) in [5.74, 6) is -0.0465. The topological polar surface area (TPSA) is 46.2 Å². The van der Waals surface area contributed by atoms with Gasteiger partial charge in [0.2, 0.25) is 5.91 Å². The fourth-order valence-corrected chi connectivity index (χ4v) is 3.22. The maximum absolute atomic E-state index is 13.1. The Hall–Kier alpha value is -2.01. The van der Waals surface area contributed by atoms with Gasteiger partial charge in [0.1, 0.15) is 5.82 Å². The summed E-state index contributed by atoms with van der Waals surface area (Å²) in [6, 6.07) is 11.5. The van der Waals surface area contributed by atoms with E-state index >= 15 is 0 Å². The van der Waals surface area contributed by atoms with Crippen LogP contribution in [0.1, 0.15) is 30.5 Å². The van der Waals surface area contributed by atoms with Gasteiger partial charge in [-0.15, -0.1) is 0 Å². The molecule has 0 aliphatic heterocycles. The molecule has 2 rings (SSSR count). The first-order valence-corrected chi connectivity index (χ1v) is 9.40. The van der Waals surface area contributed by atoms with Gasteiger partial charge in [-0.3, -0.25) is 9.00 Å². The highest BCUT2D eigenvalue weighted by molar-refractivity contribution is 7.83. The van der Waals surface area contributed by atoms with Crippen molar-refractivity contribution in [3.8, 4) is 0 Å². The zero-order chi connectivity index (χ0) is 17.9. The second-order valence-corrected chi connectivity index (χ2v) is 7.83. The van der Waals surface area contributed by atoms with Crippen LogP contribution in [0.3, 0.4) is 0 Å². The summed E-state index contributed by atoms with van der Waals surface area (Å²) in [6.45, 7) is 5.51. The van der Waals surface area contributed by atoms with Gasteiger partial charge in [-0.1, -0.05) is 24.3 Å². The Bertz CT molecular complexity index is 769. The SMILES string of the molecule is Cc1c(C[S@](C)=O)cccc1NC(=O)C(C)(C)c1ccc(F)cc1. The molecule has 1 amide bonds. The van der Waals surface area contributed by atoms with E-state index in [9.17, 15) is 13.4 Å². The molecule has 0 aromatic heterocycles. The van der Waals surface area contributed by atoms with E-state index < -0.39 is 16.2 Å². The van der Waals surface area contributed by atoms with E-state index in [1.54, 1.807) is 32.2 Å². The van der Waals surface area contributed by atoms with Gasteiger partial charge in [-0.25, -0.2) is 4.39 Å². The van der Waals surface area contributed by atoms with Gasteiger partial charge >= 0.3 is 0 Å². The van der Waals surface area contributed by atoms with Crippen LogP contribution in [-0.4, -0.2) is 16.4 Å². The summed E-state index contributed by atoms with van der Waals surface area (Å²) in [5, 5.41) is 2.95. The van der Waals surface area contributed by atoms with Crippen LogP contribution in [0, 0.1) is 12.7 Å². The second kappa shape index (κ2) is 7.26. The Morgan fingerprint density at radius 1 is 1.17 bits per heavy atom. The molecule has 0 bridgehead atoms. The number of carbonyl (C=O) groups is 1. The van der Waals surface area contributed by atoms with Gasteiger partial charge in [-0.05, 0) is 55.7 Å². The smallest absolute Gasteiger partial charge is 0.234 e. The molecular formula is C19H22FNO2S. The van der Waals surface area contributed by atoms with Gasteiger partial charge in [0.05, 0.1) is 5.41 Å². The first kappa shape index (κ1) is 18.3. The predicted molar refractivity (Wildman–Crippen MR) is 97.0 cm³/mol. The molecule has 2 aromatic carbocycles. The minimum atomic E-state index is -0.945. The number of halogens is 1. The highest BCUT2D eigenvalue weighted by Crippen LogP contribution is 2.27. The fourth-order valence-electron chi connectivity index (χ4n) is 2.47. The van der Waals surface area contributed by atoms with Gasteiger partial charge in [0.15, 0.2) is 0 Å². The molecular weight excluding hydrogens is 325 g/mol. The van der Waals surface area contributed by atoms with E-state index in [4.69, 9.17) is 0 Å². The lowest BCUT2D eigenvalue weighted by Gasteiger charge is -2.25. The molecule has 0 saturated carbocycles. The molecule has 128 valence electrons. The molecule has 5 heteroatoms. The number of hydrogen-bond donors (Lipinski definition) is 1. The average molecular weight is 347 g/mol. The number of benzene rings is 2. The summed E-state index contributed by atoms with van der Waals surface area (Å²) in [4.78, 5) is 12.7. The Morgan fingerprint density at radius 3 is 2.38 bits per heavy atom. The minimum Gasteiger partial charge on any atom is -0.325 e. The zero-order valence-electron chi connectivity index (χ0n) is 14.4. The fraction of sp³-hybridized carbons (Fsp3) is 0.316. The van der Waals surface area contributed by atoms with Gasteiger partial charge in [-0.2, -0.15) is 0 Å². The van der Waals surface area contributed by atoms with Crippen molar-refractivity contribution in [3.63, 3.8) is 0 Å². The Morgan fingerprint density at radius 2 is 1.79 bits per heavy atom. The van der Waals surface area contributed by atoms with Crippen molar-refractivity contribution < 1.29 is 13.4 Å². The third-order valence-electron chi connectivity index (χ3n) is 4.19. The van der Waals surface area contributed by atoms with Crippen LogP contribution in [0.2, 0.25) is 0 Å². The van der Waals surface area contributed by atoms with Crippen LogP contribution in [-0.2, 0) is 26.8 Å². The molecule has 0 aliphatic rings. The lowest BCUT2D eigenvalue weighted by Crippen LogP contribution is -2.35. The molecule has 1 N–H and O–H groups in total. The standard InChI is InChI=1S/C19H22FNO2S/c1-13-14(12-24(4)23)6-5-7-17(13)21-18(22)19(2,3)15-8-10-16(20)11-9-15/h5-11H,12H2,1-4H3,(H,21,22)/t24-/m0/s1. The molecule has 2 aromatic rings. The Kier molecular flexibility index (Phi) is 5.54. The zero-order valence-corrected chi connectivity index (χ0v) is 15.2. The molecule has 0 aliphatic carbocycles. The van der Waals surface area contributed by atoms with Crippen molar-refractivity contribution in [2.45, 2.75) is 31.9 Å². The minimum absolute atomic E-state index is 0.174. The second-order valence-electron chi connectivity index (χ2n) is 6.39. The Balaban J connectivity index is 2.25. The quantitative estimate of drug-likeness (QED) is 0.891. The first-order valence-electron chi connectivity index (χ1n) is 7.68. The van der Waals surface area contributed by atoms with Crippen molar-refractivity contribution in [3.05, 3.63) is 65.0 Å². The van der Waals surface area contributed by atoms with Crippen molar-refractivity contribution in [1.29, 1.82) is 0 Å². The largest absolute Gasteiger partial charge is 0.325 e. The van der Waals surface area contributed by atoms with Crippen molar-refractivity contribution in [2.75, 3.05) is 11.6 Å². The maximum atomic E-state index is 13.1. The Labute approximate surface area is 144 Å². The number of rotatable bonds is 5. The molecule has 24 heavy (non-hydrogen) atoms. The third kappa shape index (κ3) is 4.09. The highest BCUT2D eigenvalue weighted by Gasteiger charge is 2.30. The molecule has 0 heterocycles. The molecule has 0 saturated heterocycles. The van der Waals surface area contributed by atoms with Crippen LogP contribution in [0.25, 0.3) is 0 Å². The van der Waals surface area contributed by atoms with E-state index in [2.05, 4.69) is 5.32 Å². The van der Waals surface area contributed by atoms with Crippen LogP contribution >= 0.6 is 0 Å². The van der Waals surface area contributed by atoms with E-state index in [-0.39, 0.29) is 11.7 Å². The molecule has 0 fully saturated rings. The summed E-state index contributed by atoms with van der Waals surface area (Å²) in [6.07, 6.45) is 1.66. The van der Waals surface area contributed by atoms with E-state index in [1.165, 1.54) is 12.1 Å². The van der Waals surface area contributed by atoms with Gasteiger partial charge < -0.3 is 5.32 Å². The molecule has 1 atom stereocenters. The van der Waals surface area contributed by atoms with Crippen LogP contribution < -0.4 is 5.32 Å².